The Kier molecular flexibility index (Phi) is 3.76. The first-order valence-electron chi connectivity index (χ1n) is 8.63. The lowest BCUT2D eigenvalue weighted by Crippen LogP contribution is -2.52. The quantitative estimate of drug-likeness (QED) is 0.452. The molecule has 0 atom stereocenters. The number of rotatable bonds is 6. The summed E-state index contributed by atoms with van der Waals surface area (Å²) in [6, 6.07) is 6.22. The van der Waals surface area contributed by atoms with E-state index in [2.05, 4.69) is 0 Å². The standard InChI is InChI=1S/C18H23NO4/c20-19(21)16-1-3-17(4-2-16)22-5-6-23-18-10-13-7-14(11-18)9-15(8-13)12-18/h1-4,13-15H,5-12H2. The zero-order valence-electron chi connectivity index (χ0n) is 13.3. The van der Waals surface area contributed by atoms with E-state index in [4.69, 9.17) is 9.47 Å². The first-order valence-corrected chi connectivity index (χ1v) is 8.63. The highest BCUT2D eigenvalue weighted by Gasteiger charge is 2.51. The van der Waals surface area contributed by atoms with Crippen LogP contribution >= 0.6 is 0 Å². The molecule has 5 heteroatoms. The first-order chi connectivity index (χ1) is 11.1. The van der Waals surface area contributed by atoms with Gasteiger partial charge in [0.25, 0.3) is 5.69 Å². The highest BCUT2D eigenvalue weighted by Crippen LogP contribution is 2.57. The van der Waals surface area contributed by atoms with Gasteiger partial charge in [0, 0.05) is 12.1 Å². The monoisotopic (exact) mass is 317 g/mol. The Morgan fingerprint density at radius 2 is 1.57 bits per heavy atom. The summed E-state index contributed by atoms with van der Waals surface area (Å²) in [4.78, 5) is 10.2. The molecule has 0 aliphatic heterocycles. The van der Waals surface area contributed by atoms with Gasteiger partial charge in [-0.1, -0.05) is 0 Å². The predicted octanol–water partition coefficient (Wildman–Crippen LogP) is 3.96. The zero-order chi connectivity index (χ0) is 15.9. The van der Waals surface area contributed by atoms with Crippen molar-refractivity contribution >= 4 is 5.69 Å². The molecule has 124 valence electrons. The summed E-state index contributed by atoms with van der Waals surface area (Å²) in [5.41, 5.74) is 0.204. The Labute approximate surface area is 136 Å². The third-order valence-electron chi connectivity index (χ3n) is 5.79. The average molecular weight is 317 g/mol. The number of hydrogen-bond acceptors (Lipinski definition) is 4. The van der Waals surface area contributed by atoms with Crippen molar-refractivity contribution in [2.24, 2.45) is 17.8 Å². The van der Waals surface area contributed by atoms with Crippen LogP contribution in [0.25, 0.3) is 0 Å². The molecule has 0 radical (unpaired) electrons. The number of ether oxygens (including phenoxy) is 2. The minimum atomic E-state index is -0.403. The van der Waals surface area contributed by atoms with Crippen LogP contribution in [-0.4, -0.2) is 23.7 Å². The van der Waals surface area contributed by atoms with Gasteiger partial charge in [-0.2, -0.15) is 0 Å². The van der Waals surface area contributed by atoms with E-state index in [1.165, 1.54) is 50.7 Å². The molecule has 5 rings (SSSR count). The molecule has 0 heterocycles. The lowest BCUT2D eigenvalue weighted by molar-refractivity contribution is -0.384. The molecule has 4 bridgehead atoms. The van der Waals surface area contributed by atoms with Crippen molar-refractivity contribution in [3.8, 4) is 5.75 Å². The molecule has 0 N–H and O–H groups in total. The van der Waals surface area contributed by atoms with Crippen LogP contribution in [0, 0.1) is 27.9 Å². The molecule has 0 saturated heterocycles. The number of benzene rings is 1. The zero-order valence-corrected chi connectivity index (χ0v) is 13.3. The van der Waals surface area contributed by atoms with Gasteiger partial charge in [-0.05, 0) is 68.4 Å². The van der Waals surface area contributed by atoms with Crippen LogP contribution in [0.1, 0.15) is 38.5 Å². The minimum Gasteiger partial charge on any atom is -0.491 e. The molecule has 4 aliphatic rings. The van der Waals surface area contributed by atoms with Crippen molar-refractivity contribution in [2.45, 2.75) is 44.1 Å². The van der Waals surface area contributed by atoms with E-state index in [1.54, 1.807) is 12.1 Å². The van der Waals surface area contributed by atoms with Gasteiger partial charge < -0.3 is 9.47 Å². The van der Waals surface area contributed by atoms with Gasteiger partial charge in [0.15, 0.2) is 0 Å². The predicted molar refractivity (Wildman–Crippen MR) is 85.4 cm³/mol. The fourth-order valence-corrected chi connectivity index (χ4v) is 5.29. The van der Waals surface area contributed by atoms with Crippen molar-refractivity contribution < 1.29 is 14.4 Å². The van der Waals surface area contributed by atoms with E-state index >= 15 is 0 Å². The smallest absolute Gasteiger partial charge is 0.269 e. The Morgan fingerprint density at radius 3 is 2.09 bits per heavy atom. The second-order valence-corrected chi connectivity index (χ2v) is 7.55. The molecular formula is C18H23NO4. The molecule has 5 nitrogen and oxygen atoms in total. The number of nitro groups is 1. The van der Waals surface area contributed by atoms with Gasteiger partial charge in [0.2, 0.25) is 0 Å². The van der Waals surface area contributed by atoms with Gasteiger partial charge in [0.05, 0.1) is 17.1 Å². The van der Waals surface area contributed by atoms with Crippen LogP contribution in [-0.2, 0) is 4.74 Å². The number of hydrogen-bond donors (Lipinski definition) is 0. The average Bonchev–Trinajstić information content (AvgIpc) is 2.51. The van der Waals surface area contributed by atoms with Gasteiger partial charge in [-0.15, -0.1) is 0 Å². The molecule has 0 spiro atoms. The Bertz CT molecular complexity index is 548. The molecule has 0 aromatic heterocycles. The van der Waals surface area contributed by atoms with Crippen LogP contribution in [0.4, 0.5) is 5.69 Å². The van der Waals surface area contributed by atoms with E-state index < -0.39 is 4.92 Å². The van der Waals surface area contributed by atoms with Gasteiger partial charge in [0.1, 0.15) is 12.4 Å². The highest BCUT2D eigenvalue weighted by molar-refractivity contribution is 5.35. The summed E-state index contributed by atoms with van der Waals surface area (Å²) < 4.78 is 11.9. The van der Waals surface area contributed by atoms with Crippen molar-refractivity contribution in [3.63, 3.8) is 0 Å². The largest absolute Gasteiger partial charge is 0.491 e. The maximum Gasteiger partial charge on any atom is 0.269 e. The summed E-state index contributed by atoms with van der Waals surface area (Å²) in [6.07, 6.45) is 7.95. The molecular weight excluding hydrogens is 294 g/mol. The van der Waals surface area contributed by atoms with E-state index in [-0.39, 0.29) is 11.3 Å². The van der Waals surface area contributed by atoms with Crippen molar-refractivity contribution in [2.75, 3.05) is 13.2 Å². The minimum absolute atomic E-state index is 0.0853. The van der Waals surface area contributed by atoms with Crippen LogP contribution in [0.3, 0.4) is 0 Å². The number of nitro benzene ring substituents is 1. The molecule has 4 fully saturated rings. The normalized spacial score (nSPS) is 34.5. The topological polar surface area (TPSA) is 61.6 Å². The lowest BCUT2D eigenvalue weighted by Gasteiger charge is -2.56. The van der Waals surface area contributed by atoms with Gasteiger partial charge in [-0.3, -0.25) is 10.1 Å². The van der Waals surface area contributed by atoms with Crippen molar-refractivity contribution in [3.05, 3.63) is 34.4 Å². The lowest BCUT2D eigenvalue weighted by atomic mass is 9.54. The van der Waals surface area contributed by atoms with E-state index in [0.717, 1.165) is 17.8 Å². The maximum atomic E-state index is 10.6. The van der Waals surface area contributed by atoms with Crippen LogP contribution in [0.15, 0.2) is 24.3 Å². The summed E-state index contributed by atoms with van der Waals surface area (Å²) in [5.74, 6) is 3.32. The summed E-state index contributed by atoms with van der Waals surface area (Å²) in [5, 5.41) is 10.6. The third kappa shape index (κ3) is 3.07. The van der Waals surface area contributed by atoms with Crippen LogP contribution in [0.5, 0.6) is 5.75 Å². The van der Waals surface area contributed by atoms with Crippen LogP contribution in [0.2, 0.25) is 0 Å². The van der Waals surface area contributed by atoms with E-state index in [1.807, 2.05) is 0 Å². The SMILES string of the molecule is O=[N+]([O-])c1ccc(OCCOC23CC4CC(CC(C4)C2)C3)cc1. The van der Waals surface area contributed by atoms with E-state index in [0.29, 0.717) is 19.0 Å². The maximum absolute atomic E-state index is 10.6. The van der Waals surface area contributed by atoms with Gasteiger partial charge >= 0.3 is 0 Å². The molecule has 4 aliphatic carbocycles. The Hall–Kier alpha value is -1.62. The number of nitrogens with zero attached hydrogens (tertiary/aromatic N) is 1. The number of non-ortho nitro benzene ring substituents is 1. The van der Waals surface area contributed by atoms with Gasteiger partial charge in [-0.25, -0.2) is 0 Å². The third-order valence-corrected chi connectivity index (χ3v) is 5.79. The highest BCUT2D eigenvalue weighted by atomic mass is 16.6. The first kappa shape index (κ1) is 14.9. The second-order valence-electron chi connectivity index (χ2n) is 7.55. The second kappa shape index (κ2) is 5.78. The van der Waals surface area contributed by atoms with Crippen molar-refractivity contribution in [1.82, 2.24) is 0 Å². The fourth-order valence-electron chi connectivity index (χ4n) is 5.29. The van der Waals surface area contributed by atoms with Crippen LogP contribution < -0.4 is 4.74 Å². The molecule has 23 heavy (non-hydrogen) atoms. The molecule has 4 saturated carbocycles. The Balaban J connectivity index is 1.27. The molecule has 0 amide bonds. The van der Waals surface area contributed by atoms with Crippen molar-refractivity contribution in [1.29, 1.82) is 0 Å². The summed E-state index contributed by atoms with van der Waals surface area (Å²) in [6.45, 7) is 1.10. The molecule has 1 aromatic carbocycles. The summed E-state index contributed by atoms with van der Waals surface area (Å²) in [7, 11) is 0. The molecule has 0 unspecified atom stereocenters. The molecule has 1 aromatic rings. The summed E-state index contributed by atoms with van der Waals surface area (Å²) >= 11 is 0. The fraction of sp³-hybridized carbons (Fsp3) is 0.667. The Morgan fingerprint density at radius 1 is 1.00 bits per heavy atom. The van der Waals surface area contributed by atoms with E-state index in [9.17, 15) is 10.1 Å².